The van der Waals surface area contributed by atoms with Gasteiger partial charge in [-0.15, -0.1) is 0 Å². The van der Waals surface area contributed by atoms with Crippen molar-refractivity contribution in [2.24, 2.45) is 5.41 Å². The van der Waals surface area contributed by atoms with Gasteiger partial charge in [-0.05, 0) is 25.7 Å². The van der Waals surface area contributed by atoms with Crippen LogP contribution >= 0.6 is 0 Å². The average Bonchev–Trinajstić information content (AvgIpc) is 2.46. The average molecular weight is 124 g/mol. The SMILES string of the molecule is OCC12CC=C(CC1)C2. The van der Waals surface area contributed by atoms with Gasteiger partial charge in [0.05, 0.1) is 0 Å². The fourth-order valence-electron chi connectivity index (χ4n) is 1.99. The van der Waals surface area contributed by atoms with Crippen LogP contribution in [0.3, 0.4) is 0 Å². The lowest BCUT2D eigenvalue weighted by Crippen LogP contribution is -2.18. The van der Waals surface area contributed by atoms with Gasteiger partial charge in [0.2, 0.25) is 0 Å². The summed E-state index contributed by atoms with van der Waals surface area (Å²) < 4.78 is 0. The van der Waals surface area contributed by atoms with Crippen LogP contribution in [0.15, 0.2) is 11.6 Å². The van der Waals surface area contributed by atoms with E-state index in [1.807, 2.05) is 0 Å². The van der Waals surface area contributed by atoms with Gasteiger partial charge in [-0.2, -0.15) is 0 Å². The molecule has 1 saturated carbocycles. The number of aliphatic hydroxyl groups is 1. The van der Waals surface area contributed by atoms with Crippen LogP contribution in [0, 0.1) is 5.41 Å². The largest absolute Gasteiger partial charge is 0.396 e. The Morgan fingerprint density at radius 1 is 1.67 bits per heavy atom. The zero-order chi connectivity index (χ0) is 6.32. The second-order valence-electron chi connectivity index (χ2n) is 3.40. The first kappa shape index (κ1) is 5.48. The Kier molecular flexibility index (Phi) is 0.974. The van der Waals surface area contributed by atoms with Crippen LogP contribution < -0.4 is 0 Å². The molecule has 1 nitrogen and oxygen atoms in total. The highest BCUT2D eigenvalue weighted by molar-refractivity contribution is 5.21. The molecule has 2 rings (SSSR count). The van der Waals surface area contributed by atoms with Gasteiger partial charge < -0.3 is 5.11 Å². The first-order valence-electron chi connectivity index (χ1n) is 3.63. The summed E-state index contributed by atoms with van der Waals surface area (Å²) in [7, 11) is 0. The lowest BCUT2D eigenvalue weighted by molar-refractivity contribution is 0.140. The van der Waals surface area contributed by atoms with Crippen LogP contribution in [-0.2, 0) is 0 Å². The Morgan fingerprint density at radius 2 is 2.56 bits per heavy atom. The van der Waals surface area contributed by atoms with Gasteiger partial charge in [0.1, 0.15) is 0 Å². The first-order chi connectivity index (χ1) is 4.35. The second-order valence-corrected chi connectivity index (χ2v) is 3.40. The molecular formula is C8H12O. The molecule has 0 heterocycles. The van der Waals surface area contributed by atoms with E-state index >= 15 is 0 Å². The molecule has 1 unspecified atom stereocenters. The smallest absolute Gasteiger partial charge is 0.0493 e. The summed E-state index contributed by atoms with van der Waals surface area (Å²) in [4.78, 5) is 0. The van der Waals surface area contributed by atoms with Crippen molar-refractivity contribution in [3.05, 3.63) is 11.6 Å². The van der Waals surface area contributed by atoms with Crippen LogP contribution in [0.4, 0.5) is 0 Å². The minimum Gasteiger partial charge on any atom is -0.396 e. The number of aliphatic hydroxyl groups excluding tert-OH is 1. The van der Waals surface area contributed by atoms with E-state index in [2.05, 4.69) is 6.08 Å². The van der Waals surface area contributed by atoms with Crippen molar-refractivity contribution in [1.82, 2.24) is 0 Å². The van der Waals surface area contributed by atoms with E-state index in [9.17, 15) is 0 Å². The monoisotopic (exact) mass is 124 g/mol. The number of hydrogen-bond donors (Lipinski definition) is 1. The molecule has 0 aromatic heterocycles. The first-order valence-corrected chi connectivity index (χ1v) is 3.63. The van der Waals surface area contributed by atoms with Crippen LogP contribution in [0.1, 0.15) is 25.7 Å². The van der Waals surface area contributed by atoms with Crippen molar-refractivity contribution in [3.63, 3.8) is 0 Å². The molecule has 0 aromatic rings. The summed E-state index contributed by atoms with van der Waals surface area (Å²) in [5.41, 5.74) is 1.90. The Hall–Kier alpha value is -0.300. The van der Waals surface area contributed by atoms with Gasteiger partial charge in [0.25, 0.3) is 0 Å². The molecule has 0 radical (unpaired) electrons. The third-order valence-corrected chi connectivity index (χ3v) is 2.74. The van der Waals surface area contributed by atoms with Gasteiger partial charge in [0.15, 0.2) is 0 Å². The Balaban J connectivity index is 2.21. The molecule has 1 fully saturated rings. The summed E-state index contributed by atoms with van der Waals surface area (Å²) in [5, 5.41) is 9.01. The van der Waals surface area contributed by atoms with E-state index in [1.54, 1.807) is 5.57 Å². The summed E-state index contributed by atoms with van der Waals surface area (Å²) >= 11 is 0. The zero-order valence-corrected chi connectivity index (χ0v) is 5.56. The molecule has 50 valence electrons. The third kappa shape index (κ3) is 0.645. The molecule has 0 aliphatic heterocycles. The summed E-state index contributed by atoms with van der Waals surface area (Å²) in [6.45, 7) is 0.396. The fourth-order valence-corrected chi connectivity index (χ4v) is 1.99. The molecule has 2 aliphatic rings. The molecule has 0 saturated heterocycles. The maximum absolute atomic E-state index is 9.01. The molecule has 1 atom stereocenters. The second kappa shape index (κ2) is 1.60. The van der Waals surface area contributed by atoms with Gasteiger partial charge in [-0.3, -0.25) is 0 Å². The van der Waals surface area contributed by atoms with E-state index < -0.39 is 0 Å². The van der Waals surface area contributed by atoms with Gasteiger partial charge in [0, 0.05) is 12.0 Å². The van der Waals surface area contributed by atoms with Crippen molar-refractivity contribution >= 4 is 0 Å². The summed E-state index contributed by atoms with van der Waals surface area (Å²) in [5.74, 6) is 0. The van der Waals surface area contributed by atoms with Crippen molar-refractivity contribution < 1.29 is 5.11 Å². The minimum absolute atomic E-state index is 0.315. The van der Waals surface area contributed by atoms with Gasteiger partial charge in [-0.25, -0.2) is 0 Å². The standard InChI is InChI=1S/C8H12O/c9-6-8-3-1-7(5-8)2-4-8/h1,9H,2-6H2. The molecule has 1 heteroatoms. The quantitative estimate of drug-likeness (QED) is 0.525. The highest BCUT2D eigenvalue weighted by Crippen LogP contribution is 2.49. The number of fused-ring (bicyclic) bond motifs is 2. The predicted molar refractivity (Wildman–Crippen MR) is 36.1 cm³/mol. The molecule has 0 amide bonds. The maximum Gasteiger partial charge on any atom is 0.0493 e. The Morgan fingerprint density at radius 3 is 2.78 bits per heavy atom. The molecule has 2 bridgehead atoms. The van der Waals surface area contributed by atoms with Crippen molar-refractivity contribution in [1.29, 1.82) is 0 Å². The lowest BCUT2D eigenvalue weighted by Gasteiger charge is -2.21. The van der Waals surface area contributed by atoms with Gasteiger partial charge in [-0.1, -0.05) is 11.6 Å². The summed E-state index contributed by atoms with van der Waals surface area (Å²) in [6, 6.07) is 0. The number of hydrogen-bond acceptors (Lipinski definition) is 1. The van der Waals surface area contributed by atoms with Crippen LogP contribution in [0.25, 0.3) is 0 Å². The fraction of sp³-hybridized carbons (Fsp3) is 0.750. The maximum atomic E-state index is 9.01. The third-order valence-electron chi connectivity index (χ3n) is 2.74. The van der Waals surface area contributed by atoms with Crippen molar-refractivity contribution in [2.45, 2.75) is 25.7 Å². The van der Waals surface area contributed by atoms with Crippen LogP contribution in [0.2, 0.25) is 0 Å². The lowest BCUT2D eigenvalue weighted by atomic mass is 9.86. The highest BCUT2D eigenvalue weighted by atomic mass is 16.3. The summed E-state index contributed by atoms with van der Waals surface area (Å²) in [6.07, 6.45) is 7.11. The Bertz CT molecular complexity index is 160. The molecule has 0 aromatic carbocycles. The number of rotatable bonds is 1. The molecule has 0 spiro atoms. The Labute approximate surface area is 55.4 Å². The molecule has 9 heavy (non-hydrogen) atoms. The predicted octanol–water partition coefficient (Wildman–Crippen LogP) is 1.48. The minimum atomic E-state index is 0.315. The molecule has 2 aliphatic carbocycles. The highest BCUT2D eigenvalue weighted by Gasteiger charge is 2.38. The normalized spacial score (nSPS) is 39.4. The van der Waals surface area contributed by atoms with E-state index in [-0.39, 0.29) is 0 Å². The van der Waals surface area contributed by atoms with E-state index in [1.165, 1.54) is 19.3 Å². The molecule has 1 N–H and O–H groups in total. The topological polar surface area (TPSA) is 20.2 Å². The van der Waals surface area contributed by atoms with Gasteiger partial charge >= 0.3 is 0 Å². The van der Waals surface area contributed by atoms with Crippen molar-refractivity contribution in [2.75, 3.05) is 6.61 Å². The van der Waals surface area contributed by atoms with E-state index in [0.717, 1.165) is 6.42 Å². The zero-order valence-electron chi connectivity index (χ0n) is 5.56. The number of allylic oxidation sites excluding steroid dienone is 2. The van der Waals surface area contributed by atoms with E-state index in [4.69, 9.17) is 5.11 Å². The van der Waals surface area contributed by atoms with Crippen LogP contribution in [0.5, 0.6) is 0 Å². The van der Waals surface area contributed by atoms with Crippen LogP contribution in [-0.4, -0.2) is 11.7 Å². The molecular weight excluding hydrogens is 112 g/mol. The van der Waals surface area contributed by atoms with Crippen molar-refractivity contribution in [3.8, 4) is 0 Å². The van der Waals surface area contributed by atoms with E-state index in [0.29, 0.717) is 12.0 Å².